The predicted octanol–water partition coefficient (Wildman–Crippen LogP) is 3.60. The summed E-state index contributed by atoms with van der Waals surface area (Å²) in [5.41, 5.74) is -7.12. The van der Waals surface area contributed by atoms with Gasteiger partial charge in [-0.25, -0.2) is 0 Å². The van der Waals surface area contributed by atoms with E-state index in [0.717, 1.165) is 0 Å². The fourth-order valence-corrected chi connectivity index (χ4v) is 4.22. The van der Waals surface area contributed by atoms with Gasteiger partial charge in [-0.15, -0.1) is 0 Å². The maximum absolute atomic E-state index is 12.9. The second kappa shape index (κ2) is 7.95. The highest BCUT2D eigenvalue weighted by atomic mass is 32.2. The van der Waals surface area contributed by atoms with Crippen molar-refractivity contribution in [3.8, 4) is 5.75 Å². The maximum Gasteiger partial charge on any atom is 0.534 e. The number of benzene rings is 1. The number of rotatable bonds is 4. The Morgan fingerprint density at radius 3 is 2.48 bits per heavy atom. The molecule has 0 amide bonds. The van der Waals surface area contributed by atoms with Gasteiger partial charge in [-0.2, -0.15) is 21.6 Å². The molecule has 1 fully saturated rings. The summed E-state index contributed by atoms with van der Waals surface area (Å²) in [4.78, 5) is 1.71. The smallest absolute Gasteiger partial charge is 0.482 e. The van der Waals surface area contributed by atoms with Gasteiger partial charge in [-0.1, -0.05) is 12.1 Å². The van der Waals surface area contributed by atoms with Gasteiger partial charge in [0.2, 0.25) is 6.41 Å². The molecule has 1 spiro atoms. The van der Waals surface area contributed by atoms with Gasteiger partial charge in [-0.05, 0) is 39.8 Å². The van der Waals surface area contributed by atoms with E-state index in [1.54, 1.807) is 43.9 Å². The lowest BCUT2D eigenvalue weighted by atomic mass is 9.84. The minimum Gasteiger partial charge on any atom is -0.482 e. The maximum atomic E-state index is 12.9. The molecule has 1 aromatic rings. The minimum absolute atomic E-state index is 0.118. The fourth-order valence-electron chi connectivity index (χ4n) is 3.75. The Bertz CT molecular complexity index is 956. The fraction of sp³-hybridized carbons (Fsp3) is 0.600. The van der Waals surface area contributed by atoms with Crippen molar-refractivity contribution < 1.29 is 40.4 Å². The molecule has 3 rings (SSSR count). The van der Waals surface area contributed by atoms with Gasteiger partial charge in [0.15, 0.2) is 5.76 Å². The van der Waals surface area contributed by atoms with E-state index in [1.165, 1.54) is 12.1 Å². The number of piperidine rings is 1. The van der Waals surface area contributed by atoms with Gasteiger partial charge in [0.05, 0.1) is 11.2 Å². The number of aliphatic hydroxyl groups excluding tert-OH is 1. The summed E-state index contributed by atoms with van der Waals surface area (Å²) in [6.45, 7) is 7.54. The number of alkyl halides is 3. The molecule has 31 heavy (non-hydrogen) atoms. The van der Waals surface area contributed by atoms with Crippen LogP contribution in [0.25, 0.3) is 5.76 Å². The van der Waals surface area contributed by atoms with Crippen LogP contribution in [0.2, 0.25) is 0 Å². The quantitative estimate of drug-likeness (QED) is 0.413. The number of hydrogen-bond donors (Lipinski definition) is 1. The molecular weight excluding hydrogens is 439 g/mol. The van der Waals surface area contributed by atoms with Crippen molar-refractivity contribution in [2.75, 3.05) is 6.54 Å². The van der Waals surface area contributed by atoms with Crippen LogP contribution >= 0.6 is 0 Å². The molecule has 2 heterocycles. The molecular formula is C20H26F3NO6S. The molecule has 2 aliphatic heterocycles. The van der Waals surface area contributed by atoms with E-state index in [-0.39, 0.29) is 30.2 Å². The van der Waals surface area contributed by atoms with Crippen LogP contribution in [0.15, 0.2) is 30.3 Å². The monoisotopic (exact) mass is 465 g/mol. The molecule has 0 aliphatic carbocycles. The van der Waals surface area contributed by atoms with E-state index >= 15 is 0 Å². The summed E-state index contributed by atoms with van der Waals surface area (Å²) in [6.07, 6.45) is 0.664. The number of aliphatic hydroxyl groups is 1. The Labute approximate surface area is 179 Å². The highest BCUT2D eigenvalue weighted by Gasteiger charge is 2.51. The molecule has 174 valence electrons. The predicted molar refractivity (Wildman–Crippen MR) is 106 cm³/mol. The van der Waals surface area contributed by atoms with Crippen LogP contribution in [-0.4, -0.2) is 54.1 Å². The first kappa shape index (κ1) is 23.8. The lowest BCUT2D eigenvalue weighted by Crippen LogP contribution is -2.56. The zero-order valence-corrected chi connectivity index (χ0v) is 18.5. The van der Waals surface area contributed by atoms with Gasteiger partial charge >= 0.3 is 15.6 Å². The largest absolute Gasteiger partial charge is 0.534 e. The molecule has 2 aliphatic rings. The average Bonchev–Trinajstić information content (AvgIpc) is 2.58. The van der Waals surface area contributed by atoms with E-state index in [1.807, 2.05) is 6.92 Å². The van der Waals surface area contributed by atoms with Crippen LogP contribution in [0.4, 0.5) is 13.2 Å². The first-order chi connectivity index (χ1) is 14.1. The van der Waals surface area contributed by atoms with Crippen molar-refractivity contribution in [1.82, 2.24) is 4.90 Å². The molecule has 3 unspecified atom stereocenters. The van der Waals surface area contributed by atoms with Crippen LogP contribution in [0, 0.1) is 0 Å². The van der Waals surface area contributed by atoms with Crippen molar-refractivity contribution >= 4 is 15.9 Å². The third kappa shape index (κ3) is 5.16. The van der Waals surface area contributed by atoms with Crippen molar-refractivity contribution in [2.45, 2.75) is 69.7 Å². The SMILES string of the molecule is CC1CC2(C=C(OS(=O)(=O)C(F)(F)F)c3ccccc3O2)CCN1C(O)OC(C)(C)C. The lowest BCUT2D eigenvalue weighted by molar-refractivity contribution is -0.256. The molecule has 0 radical (unpaired) electrons. The van der Waals surface area contributed by atoms with Crippen molar-refractivity contribution in [2.24, 2.45) is 0 Å². The Kier molecular flexibility index (Phi) is 6.11. The number of para-hydroxylation sites is 1. The second-order valence-corrected chi connectivity index (χ2v) is 10.3. The van der Waals surface area contributed by atoms with Crippen LogP contribution in [0.5, 0.6) is 5.75 Å². The summed E-state index contributed by atoms with van der Waals surface area (Å²) in [5, 5.41) is 10.4. The zero-order valence-electron chi connectivity index (χ0n) is 17.6. The number of likely N-dealkylation sites (tertiary alicyclic amines) is 1. The van der Waals surface area contributed by atoms with Crippen molar-refractivity contribution in [3.63, 3.8) is 0 Å². The molecule has 0 bridgehead atoms. The Morgan fingerprint density at radius 1 is 1.26 bits per heavy atom. The van der Waals surface area contributed by atoms with Gasteiger partial charge < -0.3 is 18.8 Å². The van der Waals surface area contributed by atoms with Crippen molar-refractivity contribution in [3.05, 3.63) is 35.9 Å². The van der Waals surface area contributed by atoms with Gasteiger partial charge in [0.1, 0.15) is 11.4 Å². The normalized spacial score (nSPS) is 26.1. The van der Waals surface area contributed by atoms with Gasteiger partial charge in [0.25, 0.3) is 0 Å². The summed E-state index contributed by atoms with van der Waals surface area (Å²) in [5.74, 6) is -0.198. The van der Waals surface area contributed by atoms with Crippen molar-refractivity contribution in [1.29, 1.82) is 0 Å². The Morgan fingerprint density at radius 2 is 1.90 bits per heavy atom. The van der Waals surface area contributed by atoms with Crippen LogP contribution < -0.4 is 4.74 Å². The highest BCUT2D eigenvalue weighted by molar-refractivity contribution is 7.87. The first-order valence-electron chi connectivity index (χ1n) is 9.76. The standard InChI is InChI=1S/C20H26F3NO6S/c1-13-11-19(9-10-24(13)17(25)29-18(2,3)4)12-16(30-31(26,27)20(21,22)23)14-7-5-6-8-15(14)28-19/h5-8,12-13,17,25H,9-11H2,1-4H3. The number of nitrogens with zero attached hydrogens (tertiary/aromatic N) is 1. The zero-order chi connectivity index (χ0) is 23.2. The summed E-state index contributed by atoms with van der Waals surface area (Å²) in [7, 11) is -5.85. The van der Waals surface area contributed by atoms with E-state index in [2.05, 4.69) is 4.18 Å². The lowest BCUT2D eigenvalue weighted by Gasteiger charge is -2.47. The Balaban J connectivity index is 1.90. The molecule has 3 atom stereocenters. The number of halogens is 3. The molecule has 0 aromatic heterocycles. The van der Waals surface area contributed by atoms with E-state index in [4.69, 9.17) is 9.47 Å². The summed E-state index contributed by atoms with van der Waals surface area (Å²) >= 11 is 0. The topological polar surface area (TPSA) is 85.3 Å². The number of fused-ring (bicyclic) bond motifs is 1. The first-order valence-corrected chi connectivity index (χ1v) is 11.2. The molecule has 1 aromatic carbocycles. The molecule has 11 heteroatoms. The summed E-state index contributed by atoms with van der Waals surface area (Å²) in [6, 6.07) is 5.87. The average molecular weight is 465 g/mol. The Hall–Kier alpha value is -1.82. The number of hydrogen-bond acceptors (Lipinski definition) is 7. The van der Waals surface area contributed by atoms with Crippen LogP contribution in [-0.2, 0) is 19.0 Å². The molecule has 1 N–H and O–H groups in total. The second-order valence-electron chi connectivity index (χ2n) is 8.75. The minimum atomic E-state index is -5.85. The molecule has 1 saturated heterocycles. The number of ether oxygens (including phenoxy) is 2. The summed E-state index contributed by atoms with van der Waals surface area (Å²) < 4.78 is 78.3. The molecule has 7 nitrogen and oxygen atoms in total. The van der Waals surface area contributed by atoms with E-state index in [0.29, 0.717) is 6.54 Å². The third-order valence-corrected chi connectivity index (χ3v) is 6.05. The van der Waals surface area contributed by atoms with Gasteiger partial charge in [0, 0.05) is 31.5 Å². The molecule has 0 saturated carbocycles. The van der Waals surface area contributed by atoms with Crippen LogP contribution in [0.1, 0.15) is 46.1 Å². The van der Waals surface area contributed by atoms with Crippen LogP contribution in [0.3, 0.4) is 0 Å². The van der Waals surface area contributed by atoms with Gasteiger partial charge in [-0.3, -0.25) is 4.90 Å². The highest BCUT2D eigenvalue weighted by Crippen LogP contribution is 2.44. The van der Waals surface area contributed by atoms with E-state index in [9.17, 15) is 26.7 Å². The third-order valence-electron chi connectivity index (χ3n) is 5.09. The van der Waals surface area contributed by atoms with E-state index < -0.39 is 39.0 Å².